The second-order valence-corrected chi connectivity index (χ2v) is 9.12. The summed E-state index contributed by atoms with van der Waals surface area (Å²) in [5.74, 6) is 1.03. The van der Waals surface area contributed by atoms with E-state index in [0.29, 0.717) is 31.8 Å². The number of ether oxygens (including phenoxy) is 2. The molecule has 9 rings (SSSR count). The number of piperazine rings is 1. The number of hydrogen-bond acceptors (Lipinski definition) is 8. The van der Waals surface area contributed by atoms with Gasteiger partial charge in [0.05, 0.1) is 0 Å². The monoisotopic (exact) mass is 528 g/mol. The lowest BCUT2D eigenvalue weighted by Crippen LogP contribution is -2.49. The van der Waals surface area contributed by atoms with Gasteiger partial charge in [0.15, 0.2) is 6.61 Å². The molecule has 6 aliphatic heterocycles. The highest BCUT2D eigenvalue weighted by atomic mass is 19.4. The Morgan fingerprint density at radius 1 is 0.895 bits per heavy atom. The van der Waals surface area contributed by atoms with Gasteiger partial charge in [-0.05, 0) is 35.4 Å². The van der Waals surface area contributed by atoms with Crippen molar-refractivity contribution >= 4 is 11.9 Å². The summed E-state index contributed by atoms with van der Waals surface area (Å²) in [4.78, 5) is 29.6. The van der Waals surface area contributed by atoms with E-state index in [9.17, 15) is 18.0 Å². The maximum absolute atomic E-state index is 13.0. The normalized spacial score (nSPS) is 16.9. The molecule has 0 spiro atoms. The summed E-state index contributed by atoms with van der Waals surface area (Å²) >= 11 is 0. The van der Waals surface area contributed by atoms with E-state index in [4.69, 9.17) is 9.47 Å². The molecule has 7 heterocycles. The summed E-state index contributed by atoms with van der Waals surface area (Å²) in [5, 5.41) is 3.03. The molecule has 1 N–H and O–H groups in total. The van der Waals surface area contributed by atoms with Crippen LogP contribution in [0.5, 0.6) is 11.8 Å². The third-order valence-electron chi connectivity index (χ3n) is 6.30. The average molecular weight is 529 g/mol. The minimum atomic E-state index is -4.53. The summed E-state index contributed by atoms with van der Waals surface area (Å²) in [6.45, 7) is 2.94. The number of nitrogens with zero attached hydrogens (tertiary/aromatic N) is 5. The zero-order valence-corrected chi connectivity index (χ0v) is 20.6. The van der Waals surface area contributed by atoms with Crippen molar-refractivity contribution in [2.24, 2.45) is 0 Å². The molecule has 38 heavy (non-hydrogen) atoms. The maximum atomic E-state index is 13.0. The fraction of sp³-hybridized carbons (Fsp3) is 0.385. The Bertz CT molecular complexity index is 1250. The Morgan fingerprint density at radius 3 is 2.32 bits per heavy atom. The summed E-state index contributed by atoms with van der Waals surface area (Å²) < 4.78 is 48.9. The molecule has 6 aliphatic rings. The third-order valence-corrected chi connectivity index (χ3v) is 6.30. The molecule has 1 aromatic heterocycles. The second-order valence-electron chi connectivity index (χ2n) is 9.12. The van der Waals surface area contributed by atoms with Gasteiger partial charge in [-0.1, -0.05) is 24.3 Å². The van der Waals surface area contributed by atoms with Crippen LogP contribution >= 0.6 is 0 Å². The molecule has 12 heteroatoms. The van der Waals surface area contributed by atoms with Gasteiger partial charge in [0.25, 0.3) is 5.91 Å². The maximum Gasteiger partial charge on any atom is 0.422 e. The Hall–Kier alpha value is -3.93. The summed E-state index contributed by atoms with van der Waals surface area (Å²) in [5.41, 5.74) is 2.28. The molecule has 0 aliphatic carbocycles. The molecule has 9 nitrogen and oxygen atoms in total. The number of amides is 1. The molecular weight excluding hydrogens is 501 g/mol. The van der Waals surface area contributed by atoms with Crippen molar-refractivity contribution in [2.75, 3.05) is 51.3 Å². The van der Waals surface area contributed by atoms with Gasteiger partial charge in [0, 0.05) is 51.3 Å². The van der Waals surface area contributed by atoms with Crippen molar-refractivity contribution in [3.05, 3.63) is 71.0 Å². The quantitative estimate of drug-likeness (QED) is 0.543. The van der Waals surface area contributed by atoms with Crippen molar-refractivity contribution in [1.82, 2.24) is 24.8 Å². The molecule has 0 unspecified atom stereocenters. The van der Waals surface area contributed by atoms with Crippen molar-refractivity contribution in [2.45, 2.75) is 19.1 Å². The number of alkyl halides is 3. The number of aromatic nitrogens is 3. The first-order valence-corrected chi connectivity index (χ1v) is 12.3. The van der Waals surface area contributed by atoms with Crippen LogP contribution in [0.25, 0.3) is 0 Å². The average Bonchev–Trinajstić information content (AvgIpc) is 2.91. The first kappa shape index (κ1) is 25.7. The van der Waals surface area contributed by atoms with Crippen molar-refractivity contribution in [1.29, 1.82) is 0 Å². The first-order chi connectivity index (χ1) is 18.3. The molecule has 0 atom stereocenters. The largest absolute Gasteiger partial charge is 0.492 e. The third kappa shape index (κ3) is 6.88. The highest BCUT2D eigenvalue weighted by molar-refractivity contribution is 5.94. The lowest BCUT2D eigenvalue weighted by atomic mass is 10.1. The molecule has 0 saturated carbocycles. The lowest BCUT2D eigenvalue weighted by molar-refractivity contribution is -0.154. The number of hydrogen-bond donors (Lipinski definition) is 1. The van der Waals surface area contributed by atoms with E-state index in [2.05, 4.69) is 25.2 Å². The Labute approximate surface area is 217 Å². The van der Waals surface area contributed by atoms with Gasteiger partial charge >= 0.3 is 12.2 Å². The SMILES string of the molecule is O=C1c2ccc(cc2)Cc2nc(nc(OCC(F)(F)F)n2)NCc2ccc(cc2)OCCN2CCN1CC2. The number of halogens is 3. The van der Waals surface area contributed by atoms with Crippen LogP contribution in [-0.4, -0.2) is 82.8 Å². The summed E-state index contributed by atoms with van der Waals surface area (Å²) in [7, 11) is 0. The number of anilines is 1. The van der Waals surface area contributed by atoms with Crippen LogP contribution in [0.4, 0.5) is 19.1 Å². The van der Waals surface area contributed by atoms with Crippen LogP contribution in [0.2, 0.25) is 0 Å². The van der Waals surface area contributed by atoms with Gasteiger partial charge in [0.1, 0.15) is 18.2 Å². The van der Waals surface area contributed by atoms with E-state index in [1.165, 1.54) is 0 Å². The highest BCUT2D eigenvalue weighted by Crippen LogP contribution is 2.19. The topological polar surface area (TPSA) is 92.7 Å². The lowest BCUT2D eigenvalue weighted by Gasteiger charge is -2.34. The second kappa shape index (κ2) is 11.2. The van der Waals surface area contributed by atoms with Gasteiger partial charge in [-0.2, -0.15) is 28.1 Å². The van der Waals surface area contributed by atoms with Gasteiger partial charge < -0.3 is 19.7 Å². The first-order valence-electron chi connectivity index (χ1n) is 12.3. The molecule has 1 amide bonds. The smallest absolute Gasteiger partial charge is 0.422 e. The number of nitrogens with one attached hydrogen (secondary N) is 1. The molecule has 2 aromatic carbocycles. The minimum absolute atomic E-state index is 0.0378. The zero-order valence-electron chi connectivity index (χ0n) is 20.6. The van der Waals surface area contributed by atoms with E-state index in [1.54, 1.807) is 24.3 Å². The van der Waals surface area contributed by atoms with Gasteiger partial charge in [0.2, 0.25) is 5.95 Å². The van der Waals surface area contributed by atoms with Crippen LogP contribution < -0.4 is 14.8 Å². The van der Waals surface area contributed by atoms with Crippen molar-refractivity contribution in [3.63, 3.8) is 0 Å². The fourth-order valence-electron chi connectivity index (χ4n) is 4.25. The molecule has 1 fully saturated rings. The predicted octanol–water partition coefficient (Wildman–Crippen LogP) is 3.17. The standard InChI is InChI=1S/C26H27F3N6O3/c27-26(28,29)17-38-25-32-22-15-18-1-5-20(6-2-18)23(36)35-11-9-34(10-12-35)13-14-37-21-7-3-19(4-8-21)16-30-24(31-22)33-25/h1-8H,9-17H2,(H,30,31,32,33). The van der Waals surface area contributed by atoms with Crippen LogP contribution in [-0.2, 0) is 13.0 Å². The Kier molecular flexibility index (Phi) is 7.59. The van der Waals surface area contributed by atoms with Crippen molar-refractivity contribution < 1.29 is 27.4 Å². The van der Waals surface area contributed by atoms with Crippen LogP contribution in [0.15, 0.2) is 48.5 Å². The minimum Gasteiger partial charge on any atom is -0.492 e. The molecule has 0 radical (unpaired) electrons. The molecule has 200 valence electrons. The van der Waals surface area contributed by atoms with Crippen molar-refractivity contribution in [3.8, 4) is 11.8 Å². The fourth-order valence-corrected chi connectivity index (χ4v) is 4.25. The number of carbonyl (C=O) groups is 1. The van der Waals surface area contributed by atoms with E-state index in [-0.39, 0.29) is 24.1 Å². The van der Waals surface area contributed by atoms with E-state index in [1.807, 2.05) is 29.2 Å². The molecule has 1 saturated heterocycles. The van der Waals surface area contributed by atoms with Gasteiger partial charge in [-0.3, -0.25) is 9.69 Å². The van der Waals surface area contributed by atoms with Gasteiger partial charge in [-0.25, -0.2) is 0 Å². The zero-order chi connectivity index (χ0) is 26.5. The van der Waals surface area contributed by atoms with Crippen LogP contribution in [0, 0.1) is 0 Å². The molecule has 3 aromatic rings. The van der Waals surface area contributed by atoms with E-state index < -0.39 is 18.8 Å². The highest BCUT2D eigenvalue weighted by Gasteiger charge is 2.29. The number of benzene rings is 2. The number of rotatable bonds is 2. The van der Waals surface area contributed by atoms with Gasteiger partial charge in [-0.15, -0.1) is 0 Å². The molecular formula is C26H27F3N6O3. The summed E-state index contributed by atoms with van der Waals surface area (Å²) in [6.07, 6.45) is -4.31. The Morgan fingerprint density at radius 2 is 1.61 bits per heavy atom. The van der Waals surface area contributed by atoms with E-state index >= 15 is 0 Å². The summed E-state index contributed by atoms with van der Waals surface area (Å²) in [6, 6.07) is 14.2. The molecule has 8 bridgehead atoms. The number of fused-ring (bicyclic) bond motifs is 1. The number of carbonyl (C=O) groups excluding carboxylic acids is 1. The van der Waals surface area contributed by atoms with Crippen LogP contribution in [0.1, 0.15) is 27.3 Å². The predicted molar refractivity (Wildman–Crippen MR) is 132 cm³/mol. The van der Waals surface area contributed by atoms with E-state index in [0.717, 1.165) is 36.5 Å². The Balaban J connectivity index is 1.41. The van der Waals surface area contributed by atoms with Crippen LogP contribution in [0.3, 0.4) is 0 Å².